The summed E-state index contributed by atoms with van der Waals surface area (Å²) in [4.78, 5) is 10.9. The lowest BCUT2D eigenvalue weighted by Crippen LogP contribution is -2.04. The van der Waals surface area contributed by atoms with Gasteiger partial charge < -0.3 is 14.6 Å². The van der Waals surface area contributed by atoms with Crippen molar-refractivity contribution in [3.05, 3.63) is 17.7 Å². The average molecular weight is 281 g/mol. The van der Waals surface area contributed by atoms with E-state index in [1.807, 2.05) is 0 Å². The molecular formula is C9H9ClO6S. The van der Waals surface area contributed by atoms with E-state index in [9.17, 15) is 18.3 Å². The van der Waals surface area contributed by atoms with Gasteiger partial charge in [-0.05, 0) is 6.07 Å². The molecule has 0 aliphatic carbocycles. The van der Waals surface area contributed by atoms with E-state index in [0.717, 1.165) is 19.2 Å². The van der Waals surface area contributed by atoms with Gasteiger partial charge in [-0.1, -0.05) is 0 Å². The number of methoxy groups -OCH3 is 2. The summed E-state index contributed by atoms with van der Waals surface area (Å²) in [6.45, 7) is 0. The first-order valence-corrected chi connectivity index (χ1v) is 6.56. The zero-order valence-corrected chi connectivity index (χ0v) is 10.5. The maximum Gasteiger partial charge on any atom is 0.341 e. The van der Waals surface area contributed by atoms with Crippen LogP contribution in [0.1, 0.15) is 10.4 Å². The van der Waals surface area contributed by atoms with Crippen LogP contribution in [-0.4, -0.2) is 33.7 Å². The summed E-state index contributed by atoms with van der Waals surface area (Å²) in [5, 5.41) is 9.62. The number of phenolic OH excluding ortho intramolecular Hbond substituents is 1. The zero-order valence-electron chi connectivity index (χ0n) is 8.93. The lowest BCUT2D eigenvalue weighted by atomic mass is 10.2. The number of carbonyl (C=O) groups excluding carboxylic acids is 1. The number of ether oxygens (including phenoxy) is 2. The molecule has 0 atom stereocenters. The largest absolute Gasteiger partial charge is 0.504 e. The van der Waals surface area contributed by atoms with Crippen molar-refractivity contribution in [2.75, 3.05) is 14.2 Å². The van der Waals surface area contributed by atoms with E-state index in [2.05, 4.69) is 4.74 Å². The topological polar surface area (TPSA) is 89.9 Å². The molecule has 8 heteroatoms. The molecule has 1 N–H and O–H groups in total. The van der Waals surface area contributed by atoms with Gasteiger partial charge >= 0.3 is 5.97 Å². The van der Waals surface area contributed by atoms with Crippen molar-refractivity contribution in [1.29, 1.82) is 0 Å². The van der Waals surface area contributed by atoms with E-state index >= 15 is 0 Å². The van der Waals surface area contributed by atoms with Crippen LogP contribution in [0.15, 0.2) is 17.0 Å². The maximum absolute atomic E-state index is 11.3. The predicted octanol–water partition coefficient (Wildman–Crippen LogP) is 1.11. The molecule has 94 valence electrons. The number of hydrogen-bond acceptors (Lipinski definition) is 6. The molecule has 0 heterocycles. The molecule has 0 aromatic heterocycles. The number of phenols is 1. The first-order valence-electron chi connectivity index (χ1n) is 4.25. The first-order chi connectivity index (χ1) is 7.81. The fraction of sp³-hybridized carbons (Fsp3) is 0.222. The number of aromatic hydroxyl groups is 1. The normalized spacial score (nSPS) is 11.0. The second-order valence-electron chi connectivity index (χ2n) is 2.95. The Kier molecular flexibility index (Phi) is 3.84. The van der Waals surface area contributed by atoms with Gasteiger partial charge in [-0.2, -0.15) is 0 Å². The monoisotopic (exact) mass is 280 g/mol. The summed E-state index contributed by atoms with van der Waals surface area (Å²) in [7, 11) is 3.40. The second kappa shape index (κ2) is 4.80. The highest BCUT2D eigenvalue weighted by atomic mass is 35.7. The van der Waals surface area contributed by atoms with E-state index < -0.39 is 20.8 Å². The number of halogens is 1. The molecule has 1 rings (SSSR count). The van der Waals surface area contributed by atoms with Crippen LogP contribution < -0.4 is 4.74 Å². The Balaban J connectivity index is 3.55. The third-order valence-corrected chi connectivity index (χ3v) is 3.29. The molecule has 0 fully saturated rings. The van der Waals surface area contributed by atoms with Crippen LogP contribution in [0.4, 0.5) is 0 Å². The summed E-state index contributed by atoms with van der Waals surface area (Å²) in [5.74, 6) is -1.60. The third kappa shape index (κ3) is 2.80. The van der Waals surface area contributed by atoms with Crippen LogP contribution in [0, 0.1) is 0 Å². The van der Waals surface area contributed by atoms with E-state index in [0.29, 0.717) is 0 Å². The van der Waals surface area contributed by atoms with Gasteiger partial charge in [0.15, 0.2) is 11.5 Å². The van der Waals surface area contributed by atoms with Crippen molar-refractivity contribution in [3.8, 4) is 11.5 Å². The standard InChI is InChI=1S/C9H9ClO6S/c1-15-7-4-5(17(10,13)14)3-6(8(7)11)9(12)16-2/h3-4,11H,1-2H3. The minimum absolute atomic E-state index is 0.188. The van der Waals surface area contributed by atoms with Crippen molar-refractivity contribution >= 4 is 25.7 Å². The van der Waals surface area contributed by atoms with Crippen LogP contribution in [0.25, 0.3) is 0 Å². The lowest BCUT2D eigenvalue weighted by molar-refractivity contribution is 0.0596. The molecule has 0 amide bonds. The van der Waals surface area contributed by atoms with Crippen molar-refractivity contribution in [3.63, 3.8) is 0 Å². The van der Waals surface area contributed by atoms with Gasteiger partial charge in [-0.3, -0.25) is 0 Å². The van der Waals surface area contributed by atoms with Gasteiger partial charge in [-0.15, -0.1) is 0 Å². The Morgan fingerprint density at radius 2 is 1.94 bits per heavy atom. The van der Waals surface area contributed by atoms with Crippen molar-refractivity contribution in [1.82, 2.24) is 0 Å². The van der Waals surface area contributed by atoms with E-state index in [1.165, 1.54) is 7.11 Å². The highest BCUT2D eigenvalue weighted by Crippen LogP contribution is 2.34. The summed E-state index contributed by atoms with van der Waals surface area (Å²) in [6, 6.07) is 1.91. The van der Waals surface area contributed by atoms with Gasteiger partial charge in [0.05, 0.1) is 19.1 Å². The van der Waals surface area contributed by atoms with Crippen molar-refractivity contribution in [2.24, 2.45) is 0 Å². The number of rotatable bonds is 3. The lowest BCUT2D eigenvalue weighted by Gasteiger charge is -2.09. The quantitative estimate of drug-likeness (QED) is 0.659. The highest BCUT2D eigenvalue weighted by molar-refractivity contribution is 8.13. The molecule has 1 aromatic rings. The fourth-order valence-corrected chi connectivity index (χ4v) is 1.92. The minimum atomic E-state index is -4.04. The number of hydrogen-bond donors (Lipinski definition) is 1. The second-order valence-corrected chi connectivity index (χ2v) is 5.52. The summed E-state index contributed by atoms with van der Waals surface area (Å²) >= 11 is 0. The molecule has 0 aliphatic heterocycles. The molecule has 0 spiro atoms. The molecule has 1 aromatic carbocycles. The minimum Gasteiger partial charge on any atom is -0.504 e. The summed E-state index contributed by atoms with van der Waals surface area (Å²) in [6.07, 6.45) is 0. The highest BCUT2D eigenvalue weighted by Gasteiger charge is 2.22. The zero-order chi connectivity index (χ0) is 13.2. The molecule has 0 bridgehead atoms. The molecule has 0 unspecified atom stereocenters. The molecule has 17 heavy (non-hydrogen) atoms. The number of benzene rings is 1. The maximum atomic E-state index is 11.3. The predicted molar refractivity (Wildman–Crippen MR) is 59.0 cm³/mol. The van der Waals surface area contributed by atoms with Crippen LogP contribution >= 0.6 is 10.7 Å². The number of carbonyl (C=O) groups is 1. The molecular weight excluding hydrogens is 272 g/mol. The van der Waals surface area contributed by atoms with Gasteiger partial charge in [0.25, 0.3) is 9.05 Å². The van der Waals surface area contributed by atoms with E-state index in [4.69, 9.17) is 15.4 Å². The van der Waals surface area contributed by atoms with Crippen molar-refractivity contribution < 1.29 is 27.8 Å². The average Bonchev–Trinajstić information content (AvgIpc) is 2.26. The molecule has 0 saturated carbocycles. The van der Waals surface area contributed by atoms with E-state index in [1.54, 1.807) is 0 Å². The Labute approximate surface area is 102 Å². The van der Waals surface area contributed by atoms with Crippen LogP contribution in [0.3, 0.4) is 0 Å². The third-order valence-electron chi connectivity index (χ3n) is 1.96. The Hall–Kier alpha value is -1.47. The molecule has 0 aliphatic rings. The van der Waals surface area contributed by atoms with Gasteiger partial charge in [-0.25, -0.2) is 13.2 Å². The summed E-state index contributed by atoms with van der Waals surface area (Å²) < 4.78 is 31.4. The van der Waals surface area contributed by atoms with Gasteiger partial charge in [0, 0.05) is 16.7 Å². The molecule has 0 radical (unpaired) electrons. The fourth-order valence-electron chi connectivity index (χ4n) is 1.14. The smallest absolute Gasteiger partial charge is 0.341 e. The molecule has 0 saturated heterocycles. The Morgan fingerprint density at radius 3 is 2.35 bits per heavy atom. The number of esters is 1. The molecule has 6 nitrogen and oxygen atoms in total. The first kappa shape index (κ1) is 13.6. The summed E-state index contributed by atoms with van der Waals surface area (Å²) in [5.41, 5.74) is -0.342. The van der Waals surface area contributed by atoms with Gasteiger partial charge in [0.2, 0.25) is 0 Å². The van der Waals surface area contributed by atoms with Crippen LogP contribution in [0.2, 0.25) is 0 Å². The SMILES string of the molecule is COC(=O)c1cc(S(=O)(=O)Cl)cc(OC)c1O. The van der Waals surface area contributed by atoms with Gasteiger partial charge in [0.1, 0.15) is 5.56 Å². The van der Waals surface area contributed by atoms with Crippen LogP contribution in [0.5, 0.6) is 11.5 Å². The Bertz CT molecular complexity index is 551. The van der Waals surface area contributed by atoms with Crippen molar-refractivity contribution in [2.45, 2.75) is 4.90 Å². The van der Waals surface area contributed by atoms with E-state index in [-0.39, 0.29) is 16.2 Å². The Morgan fingerprint density at radius 1 is 1.35 bits per heavy atom. The van der Waals surface area contributed by atoms with Crippen LogP contribution in [-0.2, 0) is 13.8 Å².